The van der Waals surface area contributed by atoms with E-state index >= 15 is 0 Å². The molecule has 3 N–H and O–H groups in total. The molecule has 0 atom stereocenters. The van der Waals surface area contributed by atoms with Crippen molar-refractivity contribution in [1.82, 2.24) is 0 Å². The minimum absolute atomic E-state index is 0.322. The minimum Gasteiger partial charge on any atom is -0.508 e. The molecule has 0 unspecified atom stereocenters. The fourth-order valence-electron chi connectivity index (χ4n) is 10.3. The molecule has 0 saturated carbocycles. The predicted molar refractivity (Wildman–Crippen MR) is 366 cm³/mol. The molecule has 0 bridgehead atoms. The van der Waals surface area contributed by atoms with Crippen molar-refractivity contribution in [3.63, 3.8) is 0 Å². The van der Waals surface area contributed by atoms with Gasteiger partial charge < -0.3 is 10.8 Å². The lowest BCUT2D eigenvalue weighted by atomic mass is 9.97. The molecule has 0 radical (unpaired) electrons. The van der Waals surface area contributed by atoms with Crippen LogP contribution in [0.15, 0.2) is 364 Å². The van der Waals surface area contributed by atoms with Crippen molar-refractivity contribution in [2.24, 2.45) is 0 Å². The van der Waals surface area contributed by atoms with E-state index in [0.717, 1.165) is 5.69 Å². The Kier molecular flexibility index (Phi) is 17.9. The van der Waals surface area contributed by atoms with Gasteiger partial charge in [0.1, 0.15) is 5.75 Å². The Bertz CT molecular complexity index is 4360. The van der Waals surface area contributed by atoms with Gasteiger partial charge in [0.2, 0.25) is 0 Å². The summed E-state index contributed by atoms with van der Waals surface area (Å²) >= 11 is 0. The van der Waals surface area contributed by atoms with Crippen molar-refractivity contribution < 1.29 is 5.11 Å². The number of hydrogen-bond acceptors (Lipinski definition) is 2. The molecular weight excluding hydrogens is 1010 g/mol. The molecule has 17 rings (SSSR count). The molecule has 0 aliphatic carbocycles. The third-order valence-corrected chi connectivity index (χ3v) is 14.6. The van der Waals surface area contributed by atoms with Crippen LogP contribution in [0.25, 0.3) is 108 Å². The number of para-hydroxylation sites is 2. The average Bonchev–Trinajstić information content (AvgIpc) is 3.17. The molecule has 84 heavy (non-hydrogen) atoms. The van der Waals surface area contributed by atoms with Crippen LogP contribution in [0.4, 0.5) is 5.69 Å². The first-order valence-corrected chi connectivity index (χ1v) is 28.4. The summed E-state index contributed by atoms with van der Waals surface area (Å²) in [5.41, 5.74) is 6.18. The van der Waals surface area contributed by atoms with Crippen LogP contribution in [0.5, 0.6) is 5.75 Å². The second kappa shape index (κ2) is 27.4. The summed E-state index contributed by atoms with van der Waals surface area (Å²) in [5, 5.41) is 34.8. The molecule has 0 aliphatic rings. The number of anilines is 1. The normalized spacial score (nSPS) is 10.5. The van der Waals surface area contributed by atoms with Gasteiger partial charge in [0.15, 0.2) is 0 Å². The molecular formula is C82H63NO. The molecule has 17 aromatic carbocycles. The van der Waals surface area contributed by atoms with Crippen LogP contribution in [0.1, 0.15) is 0 Å². The number of phenols is 1. The summed E-state index contributed by atoms with van der Waals surface area (Å²) in [4.78, 5) is 0. The lowest BCUT2D eigenvalue weighted by Crippen LogP contribution is -1.80. The van der Waals surface area contributed by atoms with Gasteiger partial charge in [-0.15, -0.1) is 0 Å². The van der Waals surface area contributed by atoms with Crippen molar-refractivity contribution in [3.05, 3.63) is 364 Å². The second-order valence-corrected chi connectivity index (χ2v) is 20.5. The number of rotatable bonds is 0. The maximum absolute atomic E-state index is 8.63. The van der Waals surface area contributed by atoms with E-state index in [-0.39, 0.29) is 0 Å². The van der Waals surface area contributed by atoms with Gasteiger partial charge in [-0.3, -0.25) is 0 Å². The SMILES string of the molecule is Nc1ccccc1.Oc1ccccc1.c1ccc2cc3cc4cc5ccccc5cc4cc3cc2c1.c1ccc2cc3cc4ccccc4cc3cc2c1.c1ccc2cc3ccccc3cc2c1.c1ccc2ccccc2c1.c1ccccc1. The van der Waals surface area contributed by atoms with Crippen LogP contribution in [0.3, 0.4) is 0 Å². The molecule has 2 heteroatoms. The first-order chi connectivity index (χ1) is 41.5. The molecule has 0 spiro atoms. The van der Waals surface area contributed by atoms with Crippen molar-refractivity contribution in [1.29, 1.82) is 0 Å². The third-order valence-electron chi connectivity index (χ3n) is 14.6. The van der Waals surface area contributed by atoms with Gasteiger partial charge in [0, 0.05) is 5.69 Å². The lowest BCUT2D eigenvalue weighted by molar-refractivity contribution is 0.475. The van der Waals surface area contributed by atoms with E-state index in [1.807, 2.05) is 72.8 Å². The van der Waals surface area contributed by atoms with Gasteiger partial charge in [-0.1, -0.05) is 267 Å². The second-order valence-electron chi connectivity index (χ2n) is 20.5. The van der Waals surface area contributed by atoms with Gasteiger partial charge in [0.05, 0.1) is 0 Å². The molecule has 402 valence electrons. The summed E-state index contributed by atoms with van der Waals surface area (Å²) in [7, 11) is 0. The highest BCUT2D eigenvalue weighted by atomic mass is 16.3. The van der Waals surface area contributed by atoms with Gasteiger partial charge in [-0.25, -0.2) is 0 Å². The Morgan fingerprint density at radius 2 is 0.274 bits per heavy atom. The van der Waals surface area contributed by atoms with Gasteiger partial charge in [0.25, 0.3) is 0 Å². The Morgan fingerprint density at radius 1 is 0.143 bits per heavy atom. The van der Waals surface area contributed by atoms with Crippen LogP contribution in [-0.4, -0.2) is 5.11 Å². The number of nitrogens with two attached hydrogens (primary N) is 1. The zero-order valence-electron chi connectivity index (χ0n) is 46.7. The number of fused-ring (bicyclic) bond motifs is 10. The summed E-state index contributed by atoms with van der Waals surface area (Å²) in [6, 6.07) is 125. The Hall–Kier alpha value is -11.1. The van der Waals surface area contributed by atoms with E-state index in [4.69, 9.17) is 10.8 Å². The number of benzene rings is 17. The third kappa shape index (κ3) is 14.5. The molecule has 17 aromatic rings. The molecule has 0 aromatic heterocycles. The van der Waals surface area contributed by atoms with Crippen LogP contribution < -0.4 is 5.73 Å². The molecule has 0 aliphatic heterocycles. The molecule has 0 heterocycles. The van der Waals surface area contributed by atoms with Crippen LogP contribution in [0, 0.1) is 0 Å². The minimum atomic E-state index is 0.322. The lowest BCUT2D eigenvalue weighted by Gasteiger charge is -2.07. The van der Waals surface area contributed by atoms with Crippen molar-refractivity contribution in [2.45, 2.75) is 0 Å². The van der Waals surface area contributed by atoms with Crippen molar-refractivity contribution in [3.8, 4) is 5.75 Å². The summed E-state index contributed by atoms with van der Waals surface area (Å²) in [5.74, 6) is 0.322. The molecule has 0 fully saturated rings. The van der Waals surface area contributed by atoms with Gasteiger partial charge in [-0.2, -0.15) is 0 Å². The van der Waals surface area contributed by atoms with Crippen LogP contribution >= 0.6 is 0 Å². The largest absolute Gasteiger partial charge is 0.508 e. The van der Waals surface area contributed by atoms with E-state index in [0.29, 0.717) is 5.75 Å². The van der Waals surface area contributed by atoms with Crippen LogP contribution in [0.2, 0.25) is 0 Å². The highest BCUT2D eigenvalue weighted by Gasteiger charge is 2.04. The maximum atomic E-state index is 8.63. The smallest absolute Gasteiger partial charge is 0.115 e. The van der Waals surface area contributed by atoms with Crippen LogP contribution in [-0.2, 0) is 0 Å². The topological polar surface area (TPSA) is 46.2 Å². The Balaban J connectivity index is 0.000000108. The maximum Gasteiger partial charge on any atom is 0.115 e. The van der Waals surface area contributed by atoms with E-state index in [1.54, 1.807) is 24.3 Å². The highest BCUT2D eigenvalue weighted by molar-refractivity contribution is 6.08. The summed E-state index contributed by atoms with van der Waals surface area (Å²) < 4.78 is 0. The standard InChI is InChI=1S/C22H14.C18H12.C14H10.C10H8.C6H7N.C6H6O.C6H6/c1-2-6-16-10-20-14-22-12-18-8-4-3-7-17(18)11-21(22)13-19(20)9-15(16)5-1;1-2-6-14-10-18-12-16-8-4-3-7-15(16)11-17(18)9-13(14)5-1;1-2-6-12-10-14-8-4-3-7-13(14)9-11(12)5-1;1-2-6-10-8-4-3-7-9(10)5-1;2*7-6-4-2-1-3-5-6;1-2-4-6-5-3-1/h1-14H;1-12H;1-10H;1-8H;1-5H,7H2;1-5,7H;1-6H. The molecule has 0 saturated heterocycles. The first-order valence-electron chi connectivity index (χ1n) is 28.4. The number of phenolic OH excluding ortho intramolecular Hbond substituents is 1. The zero-order valence-corrected chi connectivity index (χ0v) is 46.7. The summed E-state index contributed by atoms with van der Waals surface area (Å²) in [6.45, 7) is 0. The van der Waals surface area contributed by atoms with Gasteiger partial charge in [-0.05, 0) is 205 Å². The molecule has 2 nitrogen and oxygen atoms in total. The number of aromatic hydroxyl groups is 1. The number of nitrogen functional groups attached to an aromatic ring is 1. The van der Waals surface area contributed by atoms with E-state index in [2.05, 4.69) is 267 Å². The monoisotopic (exact) mass is 1080 g/mol. The average molecular weight is 1080 g/mol. The van der Waals surface area contributed by atoms with Gasteiger partial charge >= 0.3 is 0 Å². The van der Waals surface area contributed by atoms with Crippen molar-refractivity contribution >= 4 is 113 Å². The quantitative estimate of drug-likeness (QED) is 0.117. The first kappa shape index (κ1) is 54.9. The Labute approximate surface area is 491 Å². The zero-order chi connectivity index (χ0) is 57.1. The highest BCUT2D eigenvalue weighted by Crippen LogP contribution is 2.31. The van der Waals surface area contributed by atoms with E-state index in [1.165, 1.54) is 108 Å². The van der Waals surface area contributed by atoms with E-state index in [9.17, 15) is 0 Å². The fraction of sp³-hybridized carbons (Fsp3) is 0. The van der Waals surface area contributed by atoms with E-state index < -0.39 is 0 Å². The Morgan fingerprint density at radius 3 is 0.429 bits per heavy atom. The summed E-state index contributed by atoms with van der Waals surface area (Å²) in [6.07, 6.45) is 0. The van der Waals surface area contributed by atoms with Crippen molar-refractivity contribution in [2.75, 3.05) is 5.73 Å². The number of hydrogen-bond donors (Lipinski definition) is 2. The predicted octanol–water partition coefficient (Wildman–Crippen LogP) is 22.6. The molecule has 0 amide bonds. The fourth-order valence-corrected chi connectivity index (χ4v) is 10.3.